The molecule has 1 aromatic carbocycles. The number of hydrogen-bond acceptors (Lipinski definition) is 2. The van der Waals surface area contributed by atoms with Crippen LogP contribution in [0.1, 0.15) is 25.3 Å². The lowest BCUT2D eigenvalue weighted by atomic mass is 9.90. The largest absolute Gasteiger partial charge is 0.298 e. The highest BCUT2D eigenvalue weighted by Gasteiger charge is 2.22. The number of benzene rings is 1. The second kappa shape index (κ2) is 4.95. The van der Waals surface area contributed by atoms with Crippen LogP contribution in [0.3, 0.4) is 0 Å². The zero-order valence-corrected chi connectivity index (χ0v) is 9.45. The van der Waals surface area contributed by atoms with Crippen LogP contribution in [0.15, 0.2) is 24.3 Å². The molecule has 2 nitrogen and oxygen atoms in total. The molecule has 0 fully saturated rings. The van der Waals surface area contributed by atoms with Crippen LogP contribution in [0.4, 0.5) is 0 Å². The second-order valence-corrected chi connectivity index (χ2v) is 4.11. The number of halogens is 1. The van der Waals surface area contributed by atoms with E-state index in [4.69, 9.17) is 16.9 Å². The van der Waals surface area contributed by atoms with E-state index in [2.05, 4.69) is 0 Å². The van der Waals surface area contributed by atoms with Gasteiger partial charge in [0.2, 0.25) is 0 Å². The maximum absolute atomic E-state index is 11.7. The molecular formula is C12H12ClNO. The van der Waals surface area contributed by atoms with Crippen molar-refractivity contribution in [2.45, 2.75) is 19.8 Å². The maximum Gasteiger partial charge on any atom is 0.156 e. The summed E-state index contributed by atoms with van der Waals surface area (Å²) < 4.78 is 0. The van der Waals surface area contributed by atoms with Gasteiger partial charge in [-0.25, -0.2) is 0 Å². The molecule has 0 bridgehead atoms. The van der Waals surface area contributed by atoms with Crippen LogP contribution in [-0.2, 0) is 4.79 Å². The van der Waals surface area contributed by atoms with Gasteiger partial charge in [-0.15, -0.1) is 0 Å². The SMILES string of the molecule is CC(C)C(=O)[C@H](C#N)c1ccc(Cl)cc1. The fourth-order valence-corrected chi connectivity index (χ4v) is 1.42. The van der Waals surface area contributed by atoms with Crippen molar-refractivity contribution in [1.29, 1.82) is 5.26 Å². The first-order valence-corrected chi connectivity index (χ1v) is 5.13. The summed E-state index contributed by atoms with van der Waals surface area (Å²) in [5.41, 5.74) is 0.709. The molecule has 0 aliphatic heterocycles. The van der Waals surface area contributed by atoms with Gasteiger partial charge in [-0.05, 0) is 17.7 Å². The molecular weight excluding hydrogens is 210 g/mol. The van der Waals surface area contributed by atoms with Crippen LogP contribution in [0.25, 0.3) is 0 Å². The molecule has 0 saturated carbocycles. The molecule has 0 amide bonds. The number of Topliss-reactive ketones (excluding diaryl/α,β-unsaturated/α-hetero) is 1. The van der Waals surface area contributed by atoms with E-state index in [-0.39, 0.29) is 11.7 Å². The fraction of sp³-hybridized carbons (Fsp3) is 0.333. The van der Waals surface area contributed by atoms with E-state index in [0.29, 0.717) is 10.6 Å². The molecule has 0 spiro atoms. The Morgan fingerprint density at radius 3 is 2.27 bits per heavy atom. The van der Waals surface area contributed by atoms with Gasteiger partial charge in [-0.2, -0.15) is 5.26 Å². The molecule has 0 unspecified atom stereocenters. The normalized spacial score (nSPS) is 12.2. The Morgan fingerprint density at radius 1 is 1.33 bits per heavy atom. The maximum atomic E-state index is 11.7. The van der Waals surface area contributed by atoms with Crippen molar-refractivity contribution >= 4 is 17.4 Å². The third-order valence-electron chi connectivity index (χ3n) is 2.19. The monoisotopic (exact) mass is 221 g/mol. The molecule has 15 heavy (non-hydrogen) atoms. The molecule has 0 aliphatic carbocycles. The Balaban J connectivity index is 2.99. The number of nitrogens with zero attached hydrogens (tertiary/aromatic N) is 1. The first-order chi connectivity index (χ1) is 7.06. The van der Waals surface area contributed by atoms with Crippen molar-refractivity contribution < 1.29 is 4.79 Å². The lowest BCUT2D eigenvalue weighted by Crippen LogP contribution is -2.16. The molecule has 0 aromatic heterocycles. The fourth-order valence-electron chi connectivity index (χ4n) is 1.29. The first-order valence-electron chi connectivity index (χ1n) is 4.75. The molecule has 1 aromatic rings. The van der Waals surface area contributed by atoms with Crippen molar-refractivity contribution in [3.8, 4) is 6.07 Å². The molecule has 0 aliphatic rings. The lowest BCUT2D eigenvalue weighted by molar-refractivity contribution is -0.122. The van der Waals surface area contributed by atoms with E-state index in [0.717, 1.165) is 0 Å². The topological polar surface area (TPSA) is 40.9 Å². The number of rotatable bonds is 3. The van der Waals surface area contributed by atoms with Crippen molar-refractivity contribution in [2.75, 3.05) is 0 Å². The van der Waals surface area contributed by atoms with E-state index in [1.54, 1.807) is 38.1 Å². The quantitative estimate of drug-likeness (QED) is 0.787. The molecule has 0 heterocycles. The van der Waals surface area contributed by atoms with Gasteiger partial charge >= 0.3 is 0 Å². The van der Waals surface area contributed by atoms with Gasteiger partial charge < -0.3 is 0 Å². The standard InChI is InChI=1S/C12H12ClNO/c1-8(2)12(15)11(7-14)9-3-5-10(13)6-4-9/h3-6,8,11H,1-2H3/t11-/m1/s1. The summed E-state index contributed by atoms with van der Waals surface area (Å²) in [6.07, 6.45) is 0. The molecule has 1 atom stereocenters. The predicted molar refractivity (Wildman–Crippen MR) is 59.7 cm³/mol. The molecule has 78 valence electrons. The Bertz CT molecular complexity index is 389. The summed E-state index contributed by atoms with van der Waals surface area (Å²) in [6, 6.07) is 8.84. The second-order valence-electron chi connectivity index (χ2n) is 3.67. The summed E-state index contributed by atoms with van der Waals surface area (Å²) in [5.74, 6) is -0.868. The first kappa shape index (κ1) is 11.7. The van der Waals surface area contributed by atoms with Gasteiger partial charge in [-0.3, -0.25) is 4.79 Å². The Hall–Kier alpha value is -1.33. The number of carbonyl (C=O) groups excluding carboxylic acids is 1. The van der Waals surface area contributed by atoms with E-state index < -0.39 is 5.92 Å². The minimum absolute atomic E-state index is 0.0557. The summed E-state index contributed by atoms with van der Waals surface area (Å²) in [5, 5.41) is 9.57. The van der Waals surface area contributed by atoms with Crippen LogP contribution in [-0.4, -0.2) is 5.78 Å². The van der Waals surface area contributed by atoms with Crippen LogP contribution >= 0.6 is 11.6 Å². The van der Waals surface area contributed by atoms with Crippen molar-refractivity contribution in [2.24, 2.45) is 5.92 Å². The average molecular weight is 222 g/mol. The van der Waals surface area contributed by atoms with Crippen LogP contribution in [0.5, 0.6) is 0 Å². The van der Waals surface area contributed by atoms with E-state index in [9.17, 15) is 4.79 Å². The predicted octanol–water partition coefficient (Wildman–Crippen LogP) is 3.17. The van der Waals surface area contributed by atoms with Gasteiger partial charge in [0.1, 0.15) is 5.92 Å². The van der Waals surface area contributed by atoms with Crippen molar-refractivity contribution in [1.82, 2.24) is 0 Å². The number of ketones is 1. The highest BCUT2D eigenvalue weighted by atomic mass is 35.5. The highest BCUT2D eigenvalue weighted by Crippen LogP contribution is 2.21. The molecule has 0 N–H and O–H groups in total. The zero-order valence-electron chi connectivity index (χ0n) is 8.70. The molecule has 3 heteroatoms. The van der Waals surface area contributed by atoms with E-state index in [1.807, 2.05) is 6.07 Å². The van der Waals surface area contributed by atoms with Crippen molar-refractivity contribution in [3.05, 3.63) is 34.9 Å². The van der Waals surface area contributed by atoms with E-state index >= 15 is 0 Å². The summed E-state index contributed by atoms with van der Waals surface area (Å²) >= 11 is 5.73. The Kier molecular flexibility index (Phi) is 3.88. The summed E-state index contributed by atoms with van der Waals surface area (Å²) in [4.78, 5) is 11.7. The van der Waals surface area contributed by atoms with Gasteiger partial charge in [0.25, 0.3) is 0 Å². The Labute approximate surface area is 94.5 Å². The summed E-state index contributed by atoms with van der Waals surface area (Å²) in [6.45, 7) is 3.59. The van der Waals surface area contributed by atoms with Crippen LogP contribution < -0.4 is 0 Å². The van der Waals surface area contributed by atoms with Crippen molar-refractivity contribution in [3.63, 3.8) is 0 Å². The summed E-state index contributed by atoms with van der Waals surface area (Å²) in [7, 11) is 0. The molecule has 0 saturated heterocycles. The van der Waals surface area contributed by atoms with Gasteiger partial charge in [0.15, 0.2) is 5.78 Å². The minimum Gasteiger partial charge on any atom is -0.298 e. The third-order valence-corrected chi connectivity index (χ3v) is 2.44. The highest BCUT2D eigenvalue weighted by molar-refractivity contribution is 6.30. The lowest BCUT2D eigenvalue weighted by Gasteiger charge is -2.10. The number of carbonyl (C=O) groups is 1. The zero-order chi connectivity index (χ0) is 11.4. The number of nitriles is 1. The van der Waals surface area contributed by atoms with E-state index in [1.165, 1.54) is 0 Å². The Morgan fingerprint density at radius 2 is 1.87 bits per heavy atom. The van der Waals surface area contributed by atoms with Gasteiger partial charge in [0.05, 0.1) is 6.07 Å². The third kappa shape index (κ3) is 2.81. The smallest absolute Gasteiger partial charge is 0.156 e. The van der Waals surface area contributed by atoms with Gasteiger partial charge in [-0.1, -0.05) is 37.6 Å². The van der Waals surface area contributed by atoms with Crippen LogP contribution in [0.2, 0.25) is 5.02 Å². The minimum atomic E-state index is -0.678. The molecule has 1 rings (SSSR count). The van der Waals surface area contributed by atoms with Gasteiger partial charge in [0, 0.05) is 10.9 Å². The number of hydrogen-bond donors (Lipinski definition) is 0. The molecule has 0 radical (unpaired) electrons. The average Bonchev–Trinajstić information content (AvgIpc) is 2.21. The van der Waals surface area contributed by atoms with Crippen LogP contribution in [0, 0.1) is 17.2 Å².